The summed E-state index contributed by atoms with van der Waals surface area (Å²) in [7, 11) is 1.37. The third-order valence-corrected chi connectivity index (χ3v) is 5.28. The molecule has 4 rings (SSSR count). The average Bonchev–Trinajstić information content (AvgIpc) is 3.30. The SMILES string of the molecule is COC(=O)c1cc(Cc2ccc(-c3ncc(C)s3)cc2)c2c(n1)CCO2. The Hall–Kier alpha value is -2.73. The van der Waals surface area contributed by atoms with Gasteiger partial charge in [-0.25, -0.2) is 14.8 Å². The normalized spacial score (nSPS) is 12.5. The van der Waals surface area contributed by atoms with Crippen molar-refractivity contribution < 1.29 is 14.3 Å². The molecule has 1 aliphatic rings. The van der Waals surface area contributed by atoms with Crippen LogP contribution in [0.15, 0.2) is 36.5 Å². The number of thiazole rings is 1. The lowest BCUT2D eigenvalue weighted by Gasteiger charge is -2.10. The summed E-state index contributed by atoms with van der Waals surface area (Å²) in [5, 5.41) is 1.02. The van der Waals surface area contributed by atoms with Crippen molar-refractivity contribution in [1.82, 2.24) is 9.97 Å². The second-order valence-corrected chi connectivity index (χ2v) is 7.42. The topological polar surface area (TPSA) is 61.3 Å². The number of hydrogen-bond acceptors (Lipinski definition) is 6. The van der Waals surface area contributed by atoms with E-state index in [9.17, 15) is 4.79 Å². The van der Waals surface area contributed by atoms with Gasteiger partial charge in [-0.1, -0.05) is 24.3 Å². The average molecular weight is 366 g/mol. The number of ether oxygens (including phenoxy) is 2. The van der Waals surface area contributed by atoms with Crippen LogP contribution in [0.2, 0.25) is 0 Å². The summed E-state index contributed by atoms with van der Waals surface area (Å²) < 4.78 is 10.6. The Labute approximate surface area is 155 Å². The Bertz CT molecular complexity index is 964. The van der Waals surface area contributed by atoms with Crippen molar-refractivity contribution in [2.24, 2.45) is 0 Å². The predicted molar refractivity (Wildman–Crippen MR) is 99.9 cm³/mol. The smallest absolute Gasteiger partial charge is 0.356 e. The Morgan fingerprint density at radius 2 is 2.12 bits per heavy atom. The van der Waals surface area contributed by atoms with E-state index in [2.05, 4.69) is 41.2 Å². The maximum absolute atomic E-state index is 11.9. The van der Waals surface area contributed by atoms with Crippen LogP contribution < -0.4 is 4.74 Å². The molecule has 26 heavy (non-hydrogen) atoms. The van der Waals surface area contributed by atoms with E-state index in [1.165, 1.54) is 12.0 Å². The van der Waals surface area contributed by atoms with Crippen LogP contribution in [0, 0.1) is 6.92 Å². The first-order valence-electron chi connectivity index (χ1n) is 8.39. The van der Waals surface area contributed by atoms with Crippen LogP contribution in [-0.4, -0.2) is 29.7 Å². The van der Waals surface area contributed by atoms with E-state index in [0.29, 0.717) is 18.7 Å². The number of carbonyl (C=O) groups excluding carboxylic acids is 1. The van der Waals surface area contributed by atoms with Gasteiger partial charge in [0.05, 0.1) is 19.4 Å². The summed E-state index contributed by atoms with van der Waals surface area (Å²) in [6, 6.07) is 10.1. The summed E-state index contributed by atoms with van der Waals surface area (Å²) in [5.74, 6) is 0.382. The van der Waals surface area contributed by atoms with Crippen LogP contribution in [0.5, 0.6) is 5.75 Å². The fourth-order valence-electron chi connectivity index (χ4n) is 3.05. The second kappa shape index (κ2) is 6.88. The number of methoxy groups -OCH3 is 1. The molecular formula is C20H18N2O3S. The third-order valence-electron chi connectivity index (χ3n) is 4.32. The molecule has 0 saturated carbocycles. The van der Waals surface area contributed by atoms with E-state index < -0.39 is 5.97 Å². The standard InChI is InChI=1S/C20H18N2O3S/c1-12-11-21-19(26-12)14-5-3-13(4-6-14)9-15-10-17(20(23)24-2)22-16-7-8-25-18(15)16/h3-6,10-11H,7-9H2,1-2H3. The minimum atomic E-state index is -0.421. The molecular weight excluding hydrogens is 348 g/mol. The van der Waals surface area contributed by atoms with E-state index in [4.69, 9.17) is 9.47 Å². The number of benzene rings is 1. The zero-order valence-corrected chi connectivity index (χ0v) is 15.4. The lowest BCUT2D eigenvalue weighted by atomic mass is 10.0. The molecule has 0 amide bonds. The van der Waals surface area contributed by atoms with Crippen molar-refractivity contribution >= 4 is 17.3 Å². The fourth-order valence-corrected chi connectivity index (χ4v) is 3.82. The molecule has 0 radical (unpaired) electrons. The minimum absolute atomic E-state index is 0.335. The van der Waals surface area contributed by atoms with Gasteiger partial charge in [-0.2, -0.15) is 0 Å². The molecule has 0 atom stereocenters. The van der Waals surface area contributed by atoms with Crippen molar-refractivity contribution in [1.29, 1.82) is 0 Å². The van der Waals surface area contributed by atoms with Gasteiger partial charge in [0.2, 0.25) is 0 Å². The number of carbonyl (C=O) groups is 1. The molecule has 0 spiro atoms. The quantitative estimate of drug-likeness (QED) is 0.657. The first-order chi connectivity index (χ1) is 12.6. The Morgan fingerprint density at radius 3 is 2.81 bits per heavy atom. The Kier molecular flexibility index (Phi) is 4.42. The van der Waals surface area contributed by atoms with Crippen LogP contribution in [0.3, 0.4) is 0 Å². The highest BCUT2D eigenvalue weighted by atomic mass is 32.1. The molecule has 3 heterocycles. The summed E-state index contributed by atoms with van der Waals surface area (Å²) in [4.78, 5) is 21.9. The van der Waals surface area contributed by atoms with E-state index in [1.54, 1.807) is 17.4 Å². The molecule has 0 bridgehead atoms. The van der Waals surface area contributed by atoms with Crippen LogP contribution >= 0.6 is 11.3 Å². The van der Waals surface area contributed by atoms with Gasteiger partial charge in [0.25, 0.3) is 0 Å². The van der Waals surface area contributed by atoms with Crippen LogP contribution in [0.25, 0.3) is 10.6 Å². The van der Waals surface area contributed by atoms with Crippen molar-refractivity contribution in [3.63, 3.8) is 0 Å². The number of nitrogens with zero attached hydrogens (tertiary/aromatic N) is 2. The largest absolute Gasteiger partial charge is 0.491 e. The first kappa shape index (κ1) is 16.7. The molecule has 5 nitrogen and oxygen atoms in total. The zero-order valence-electron chi connectivity index (χ0n) is 14.6. The number of rotatable bonds is 4. The third kappa shape index (κ3) is 3.20. The number of esters is 1. The highest BCUT2D eigenvalue weighted by Gasteiger charge is 2.22. The van der Waals surface area contributed by atoms with E-state index in [1.807, 2.05) is 6.20 Å². The molecule has 1 aromatic carbocycles. The number of aromatic nitrogens is 2. The monoisotopic (exact) mass is 366 g/mol. The summed E-state index contributed by atoms with van der Waals surface area (Å²) in [5.41, 5.74) is 4.38. The Morgan fingerprint density at radius 1 is 1.31 bits per heavy atom. The lowest BCUT2D eigenvalue weighted by molar-refractivity contribution is 0.0593. The molecule has 2 aromatic heterocycles. The summed E-state index contributed by atoms with van der Waals surface area (Å²) >= 11 is 1.68. The van der Waals surface area contributed by atoms with Gasteiger partial charge in [0.15, 0.2) is 0 Å². The molecule has 6 heteroatoms. The maximum atomic E-state index is 11.9. The molecule has 0 unspecified atom stereocenters. The highest BCUT2D eigenvalue weighted by molar-refractivity contribution is 7.14. The molecule has 132 valence electrons. The molecule has 3 aromatic rings. The minimum Gasteiger partial charge on any atom is -0.491 e. The number of pyridine rings is 1. The van der Waals surface area contributed by atoms with Crippen LogP contribution in [-0.2, 0) is 17.6 Å². The van der Waals surface area contributed by atoms with Crippen molar-refractivity contribution in [3.05, 3.63) is 63.9 Å². The van der Waals surface area contributed by atoms with Gasteiger partial charge in [-0.05, 0) is 18.6 Å². The second-order valence-electron chi connectivity index (χ2n) is 6.18. The van der Waals surface area contributed by atoms with Crippen molar-refractivity contribution in [2.45, 2.75) is 19.8 Å². The van der Waals surface area contributed by atoms with Gasteiger partial charge >= 0.3 is 5.97 Å². The molecule has 0 aliphatic carbocycles. The van der Waals surface area contributed by atoms with Crippen LogP contribution in [0.4, 0.5) is 0 Å². The molecule has 0 saturated heterocycles. The van der Waals surface area contributed by atoms with E-state index >= 15 is 0 Å². The Balaban J connectivity index is 1.63. The molecule has 0 fully saturated rings. The van der Waals surface area contributed by atoms with E-state index in [0.717, 1.165) is 39.6 Å². The van der Waals surface area contributed by atoms with Gasteiger partial charge in [-0.15, -0.1) is 11.3 Å². The number of aryl methyl sites for hydroxylation is 1. The lowest BCUT2D eigenvalue weighted by Crippen LogP contribution is -2.07. The number of fused-ring (bicyclic) bond motifs is 1. The van der Waals surface area contributed by atoms with E-state index in [-0.39, 0.29) is 0 Å². The maximum Gasteiger partial charge on any atom is 0.356 e. The zero-order chi connectivity index (χ0) is 18.1. The van der Waals surface area contributed by atoms with Crippen molar-refractivity contribution in [3.8, 4) is 16.3 Å². The highest BCUT2D eigenvalue weighted by Crippen LogP contribution is 2.31. The molecule has 0 N–H and O–H groups in total. The summed E-state index contributed by atoms with van der Waals surface area (Å²) in [6.45, 7) is 2.65. The predicted octanol–water partition coefficient (Wildman–Crippen LogP) is 3.83. The van der Waals surface area contributed by atoms with Gasteiger partial charge in [0.1, 0.15) is 16.5 Å². The van der Waals surface area contributed by atoms with Gasteiger partial charge in [0, 0.05) is 35.0 Å². The van der Waals surface area contributed by atoms with Gasteiger partial charge in [-0.3, -0.25) is 0 Å². The fraction of sp³-hybridized carbons (Fsp3) is 0.250. The van der Waals surface area contributed by atoms with Crippen LogP contribution in [0.1, 0.15) is 32.2 Å². The number of hydrogen-bond donors (Lipinski definition) is 0. The molecule has 1 aliphatic heterocycles. The van der Waals surface area contributed by atoms with Crippen molar-refractivity contribution in [2.75, 3.05) is 13.7 Å². The first-order valence-corrected chi connectivity index (χ1v) is 9.21. The summed E-state index contributed by atoms with van der Waals surface area (Å²) in [6.07, 6.45) is 3.28. The van der Waals surface area contributed by atoms with Gasteiger partial charge < -0.3 is 9.47 Å².